The molecule has 40 heavy (non-hydrogen) atoms. The van der Waals surface area contributed by atoms with Gasteiger partial charge in [0.2, 0.25) is 0 Å². The van der Waals surface area contributed by atoms with Crippen LogP contribution >= 0.6 is 0 Å². The van der Waals surface area contributed by atoms with Crippen molar-refractivity contribution in [2.75, 3.05) is 14.2 Å². The van der Waals surface area contributed by atoms with Crippen LogP contribution in [0.3, 0.4) is 0 Å². The standard InChI is InChI=1S/C35H63NO4/c1-5-7-9-11-13-15-17-19-21-23-25-27-32-30(34(37)39-3)29-31(35(38)40-4)33(36-32)28-26-24-22-20-18-16-14-12-10-8-6-2/h30H,5-29H2,1-4H3. The van der Waals surface area contributed by atoms with Crippen molar-refractivity contribution < 1.29 is 19.1 Å². The van der Waals surface area contributed by atoms with E-state index in [0.29, 0.717) is 12.0 Å². The Balaban J connectivity index is 2.51. The topological polar surface area (TPSA) is 65.0 Å². The first-order chi connectivity index (χ1) is 19.6. The Morgan fingerprint density at radius 3 is 1.40 bits per heavy atom. The molecule has 1 unspecified atom stereocenters. The molecule has 0 aromatic rings. The van der Waals surface area contributed by atoms with E-state index in [-0.39, 0.29) is 11.9 Å². The lowest BCUT2D eigenvalue weighted by Crippen LogP contribution is -2.31. The van der Waals surface area contributed by atoms with Crippen molar-refractivity contribution in [2.45, 2.75) is 174 Å². The normalized spacial score (nSPS) is 15.3. The summed E-state index contributed by atoms with van der Waals surface area (Å²) in [5, 5.41) is 0. The highest BCUT2D eigenvalue weighted by atomic mass is 16.5. The van der Waals surface area contributed by atoms with Crippen molar-refractivity contribution in [2.24, 2.45) is 10.9 Å². The van der Waals surface area contributed by atoms with E-state index in [1.165, 1.54) is 130 Å². The average molecular weight is 562 g/mol. The Labute approximate surface area is 247 Å². The fraction of sp³-hybridized carbons (Fsp3) is 0.857. The van der Waals surface area contributed by atoms with E-state index in [0.717, 1.165) is 49.9 Å². The van der Waals surface area contributed by atoms with Gasteiger partial charge < -0.3 is 9.47 Å². The molecule has 1 aliphatic rings. The Kier molecular flexibility index (Phi) is 22.8. The molecule has 0 bridgehead atoms. The minimum absolute atomic E-state index is 0.294. The molecule has 5 heteroatoms. The second kappa shape index (κ2) is 25.1. The lowest BCUT2D eigenvalue weighted by molar-refractivity contribution is -0.143. The number of aliphatic imine (C=N–C) groups is 1. The van der Waals surface area contributed by atoms with E-state index in [4.69, 9.17) is 14.5 Å². The summed E-state index contributed by atoms with van der Waals surface area (Å²) in [7, 11) is 2.83. The van der Waals surface area contributed by atoms with Gasteiger partial charge in [0.15, 0.2) is 0 Å². The largest absolute Gasteiger partial charge is 0.469 e. The van der Waals surface area contributed by atoms with Gasteiger partial charge in [0, 0.05) is 5.71 Å². The second-order valence-corrected chi connectivity index (χ2v) is 11.9. The molecule has 0 N–H and O–H groups in total. The molecule has 0 amide bonds. The number of methoxy groups -OCH3 is 2. The molecule has 0 aliphatic carbocycles. The highest BCUT2D eigenvalue weighted by Gasteiger charge is 2.33. The average Bonchev–Trinajstić information content (AvgIpc) is 2.97. The first-order valence-electron chi connectivity index (χ1n) is 17.0. The zero-order chi connectivity index (χ0) is 29.3. The van der Waals surface area contributed by atoms with Crippen molar-refractivity contribution >= 4 is 17.7 Å². The van der Waals surface area contributed by atoms with E-state index >= 15 is 0 Å². The predicted molar refractivity (Wildman–Crippen MR) is 169 cm³/mol. The minimum atomic E-state index is -0.469. The van der Waals surface area contributed by atoms with Gasteiger partial charge in [0.1, 0.15) is 0 Å². The van der Waals surface area contributed by atoms with E-state index in [1.54, 1.807) is 0 Å². The Bertz CT molecular complexity index is 727. The van der Waals surface area contributed by atoms with Crippen LogP contribution in [0.15, 0.2) is 16.3 Å². The van der Waals surface area contributed by atoms with Crippen LogP contribution in [-0.2, 0) is 19.1 Å². The highest BCUT2D eigenvalue weighted by Crippen LogP contribution is 2.31. The lowest BCUT2D eigenvalue weighted by atomic mass is 9.86. The molecule has 1 heterocycles. The van der Waals surface area contributed by atoms with Crippen molar-refractivity contribution in [1.82, 2.24) is 0 Å². The molecule has 0 fully saturated rings. The predicted octanol–water partition coefficient (Wildman–Crippen LogP) is 10.4. The quantitative estimate of drug-likeness (QED) is 0.0778. The van der Waals surface area contributed by atoms with E-state index in [9.17, 15) is 9.59 Å². The summed E-state index contributed by atoms with van der Waals surface area (Å²) in [5.74, 6) is -1.12. The van der Waals surface area contributed by atoms with Crippen LogP contribution < -0.4 is 0 Å². The summed E-state index contributed by atoms with van der Waals surface area (Å²) in [6.07, 6.45) is 30.3. The number of hydrogen-bond donors (Lipinski definition) is 0. The van der Waals surface area contributed by atoms with Crippen molar-refractivity contribution in [3.05, 3.63) is 11.3 Å². The monoisotopic (exact) mass is 561 g/mol. The summed E-state index contributed by atoms with van der Waals surface area (Å²) >= 11 is 0. The number of carbonyl (C=O) groups excluding carboxylic acids is 2. The van der Waals surface area contributed by atoms with Gasteiger partial charge in [0.05, 0.1) is 31.4 Å². The third kappa shape index (κ3) is 16.6. The third-order valence-corrected chi connectivity index (χ3v) is 8.41. The maximum absolute atomic E-state index is 12.6. The number of ether oxygens (including phenoxy) is 2. The SMILES string of the molecule is CCCCCCCCCCCCCC1=NC(CCCCCCCCCCCCC)=C(C(=O)OC)CC1C(=O)OC. The molecular formula is C35H63NO4. The molecule has 0 radical (unpaired) electrons. The molecule has 0 spiro atoms. The first-order valence-corrected chi connectivity index (χ1v) is 17.0. The number of allylic oxidation sites excluding steroid dienone is 1. The van der Waals surface area contributed by atoms with Gasteiger partial charge in [-0.1, -0.05) is 142 Å². The van der Waals surface area contributed by atoms with Crippen LogP contribution in [0.5, 0.6) is 0 Å². The van der Waals surface area contributed by atoms with E-state index in [1.807, 2.05) is 0 Å². The van der Waals surface area contributed by atoms with Gasteiger partial charge >= 0.3 is 11.9 Å². The smallest absolute Gasteiger partial charge is 0.335 e. The summed E-state index contributed by atoms with van der Waals surface area (Å²) in [5.41, 5.74) is 2.29. The number of rotatable bonds is 26. The van der Waals surface area contributed by atoms with Crippen LogP contribution in [0.2, 0.25) is 0 Å². The van der Waals surface area contributed by atoms with Gasteiger partial charge in [-0.15, -0.1) is 0 Å². The van der Waals surface area contributed by atoms with Gasteiger partial charge in [0.25, 0.3) is 0 Å². The zero-order valence-electron chi connectivity index (χ0n) is 26.8. The highest BCUT2D eigenvalue weighted by molar-refractivity contribution is 6.06. The van der Waals surface area contributed by atoms with Crippen LogP contribution in [0.1, 0.15) is 174 Å². The second-order valence-electron chi connectivity index (χ2n) is 11.9. The number of esters is 2. The maximum Gasteiger partial charge on any atom is 0.335 e. The Morgan fingerprint density at radius 2 is 1.00 bits per heavy atom. The summed E-state index contributed by atoms with van der Waals surface area (Å²) < 4.78 is 10.2. The molecule has 1 rings (SSSR count). The number of nitrogens with zero attached hydrogens (tertiary/aromatic N) is 1. The van der Waals surface area contributed by atoms with Crippen LogP contribution in [-0.4, -0.2) is 31.9 Å². The lowest BCUT2D eigenvalue weighted by Gasteiger charge is -2.25. The third-order valence-electron chi connectivity index (χ3n) is 8.41. The van der Waals surface area contributed by atoms with Crippen LogP contribution in [0.4, 0.5) is 0 Å². The van der Waals surface area contributed by atoms with Crippen molar-refractivity contribution in [3.8, 4) is 0 Å². The first kappa shape index (κ1) is 36.4. The molecule has 0 saturated carbocycles. The molecule has 1 aliphatic heterocycles. The van der Waals surface area contributed by atoms with Gasteiger partial charge in [-0.3, -0.25) is 9.79 Å². The molecule has 5 nitrogen and oxygen atoms in total. The molecular weight excluding hydrogens is 498 g/mol. The van der Waals surface area contributed by atoms with E-state index in [2.05, 4.69) is 13.8 Å². The van der Waals surface area contributed by atoms with Gasteiger partial charge in [-0.25, -0.2) is 4.79 Å². The number of carbonyl (C=O) groups is 2. The molecule has 0 aromatic heterocycles. The van der Waals surface area contributed by atoms with Crippen molar-refractivity contribution in [3.63, 3.8) is 0 Å². The molecule has 0 aromatic carbocycles. The van der Waals surface area contributed by atoms with Gasteiger partial charge in [-0.05, 0) is 32.1 Å². The number of unbranched alkanes of at least 4 members (excludes halogenated alkanes) is 20. The van der Waals surface area contributed by atoms with Crippen LogP contribution in [0.25, 0.3) is 0 Å². The van der Waals surface area contributed by atoms with Crippen molar-refractivity contribution in [1.29, 1.82) is 0 Å². The van der Waals surface area contributed by atoms with Crippen LogP contribution in [0, 0.1) is 5.92 Å². The maximum atomic E-state index is 12.6. The fourth-order valence-electron chi connectivity index (χ4n) is 5.81. The van der Waals surface area contributed by atoms with Gasteiger partial charge in [-0.2, -0.15) is 0 Å². The number of hydrogen-bond acceptors (Lipinski definition) is 5. The summed E-state index contributed by atoms with van der Waals surface area (Å²) in [6.45, 7) is 4.53. The Morgan fingerprint density at radius 1 is 0.600 bits per heavy atom. The fourth-order valence-corrected chi connectivity index (χ4v) is 5.81. The summed E-state index contributed by atoms with van der Waals surface area (Å²) in [4.78, 5) is 30.2. The van der Waals surface area contributed by atoms with E-state index < -0.39 is 5.92 Å². The minimum Gasteiger partial charge on any atom is -0.469 e. The Hall–Kier alpha value is -1.65. The molecule has 0 saturated heterocycles. The molecule has 1 atom stereocenters. The summed E-state index contributed by atoms with van der Waals surface area (Å²) in [6, 6.07) is 0. The molecule has 232 valence electrons. The zero-order valence-corrected chi connectivity index (χ0v) is 26.8.